The van der Waals surface area contributed by atoms with Gasteiger partial charge in [-0.25, -0.2) is 14.8 Å². The smallest absolute Gasteiger partial charge is 0.187 e. The molecule has 0 unspecified atom stereocenters. The van der Waals surface area contributed by atoms with Gasteiger partial charge in [0.2, 0.25) is 0 Å². The third kappa shape index (κ3) is 2.58. The minimum atomic E-state index is 0.660. The maximum absolute atomic E-state index is 7.07. The summed E-state index contributed by atoms with van der Waals surface area (Å²) in [6.45, 7) is 10.3. The van der Waals surface area contributed by atoms with Crippen molar-refractivity contribution >= 4 is 16.9 Å². The Balaban J connectivity index is 1.45. The number of pyridine rings is 1. The fourth-order valence-electron chi connectivity index (χ4n) is 4.07. The summed E-state index contributed by atoms with van der Waals surface area (Å²) in [5.74, 6) is 1.16. The van der Waals surface area contributed by atoms with Crippen molar-refractivity contribution in [2.45, 2.75) is 38.3 Å². The molecular weight excluding hydrogens is 322 g/mol. The minimum Gasteiger partial charge on any atom is -0.311 e. The van der Waals surface area contributed by atoms with Gasteiger partial charge in [-0.05, 0) is 24.5 Å². The molecule has 5 nitrogen and oxygen atoms in total. The second-order valence-electron chi connectivity index (χ2n) is 7.28. The van der Waals surface area contributed by atoms with E-state index < -0.39 is 0 Å². The van der Waals surface area contributed by atoms with E-state index in [4.69, 9.17) is 16.5 Å². The van der Waals surface area contributed by atoms with Crippen molar-refractivity contribution in [1.29, 1.82) is 0 Å². The molecule has 1 aliphatic heterocycles. The van der Waals surface area contributed by atoms with Crippen LogP contribution in [0.4, 0.5) is 5.69 Å². The van der Waals surface area contributed by atoms with Crippen molar-refractivity contribution in [2.24, 2.45) is 0 Å². The molecule has 2 aliphatic rings. The number of hydrogen-bond acceptors (Lipinski definition) is 3. The van der Waals surface area contributed by atoms with E-state index in [1.54, 1.807) is 0 Å². The fourth-order valence-corrected chi connectivity index (χ4v) is 4.07. The van der Waals surface area contributed by atoms with Crippen molar-refractivity contribution < 1.29 is 0 Å². The highest BCUT2D eigenvalue weighted by Gasteiger charge is 2.27. The Bertz CT molecular complexity index is 992. The summed E-state index contributed by atoms with van der Waals surface area (Å²) in [6, 6.07) is 10.6. The number of benzene rings is 1. The molecule has 5 heteroatoms. The molecule has 0 radical (unpaired) electrons. The minimum absolute atomic E-state index is 0.660. The van der Waals surface area contributed by atoms with Gasteiger partial charge in [-0.2, -0.15) is 0 Å². The Labute approximate surface area is 153 Å². The monoisotopic (exact) mass is 343 g/mol. The second kappa shape index (κ2) is 6.22. The lowest BCUT2D eigenvalue weighted by Crippen LogP contribution is -2.41. The summed E-state index contributed by atoms with van der Waals surface area (Å²) < 4.78 is 2.31. The first kappa shape index (κ1) is 15.5. The van der Waals surface area contributed by atoms with Gasteiger partial charge in [-0.1, -0.05) is 30.7 Å². The van der Waals surface area contributed by atoms with E-state index >= 15 is 0 Å². The predicted molar refractivity (Wildman–Crippen MR) is 102 cm³/mol. The molecule has 1 saturated carbocycles. The molecule has 0 bridgehead atoms. The SMILES string of the molecule is [C-]#[N+]c1ccc(-c2cnc3c(c2)nc2n3CCN(C3CCC3)CC2)cc1. The lowest BCUT2D eigenvalue weighted by molar-refractivity contribution is 0.130. The van der Waals surface area contributed by atoms with E-state index in [1.807, 2.05) is 30.5 Å². The summed E-state index contributed by atoms with van der Waals surface area (Å²) in [7, 11) is 0. The number of imidazole rings is 1. The highest BCUT2D eigenvalue weighted by Crippen LogP contribution is 2.28. The molecule has 1 aliphatic carbocycles. The number of rotatable bonds is 2. The van der Waals surface area contributed by atoms with Crippen LogP contribution in [0.2, 0.25) is 0 Å². The summed E-state index contributed by atoms with van der Waals surface area (Å²) in [6.07, 6.45) is 7.03. The molecule has 1 aromatic carbocycles. The van der Waals surface area contributed by atoms with Gasteiger partial charge in [-0.15, -0.1) is 0 Å². The molecule has 0 amide bonds. The zero-order valence-corrected chi connectivity index (χ0v) is 14.7. The van der Waals surface area contributed by atoms with Gasteiger partial charge >= 0.3 is 0 Å². The van der Waals surface area contributed by atoms with E-state index in [-0.39, 0.29) is 0 Å². The van der Waals surface area contributed by atoms with Crippen molar-refractivity contribution in [2.75, 3.05) is 13.1 Å². The van der Waals surface area contributed by atoms with E-state index in [9.17, 15) is 0 Å². The van der Waals surface area contributed by atoms with Gasteiger partial charge in [0, 0.05) is 43.9 Å². The third-order valence-electron chi connectivity index (χ3n) is 5.82. The summed E-state index contributed by atoms with van der Waals surface area (Å²) in [4.78, 5) is 15.7. The van der Waals surface area contributed by atoms with Crippen LogP contribution in [0.25, 0.3) is 27.1 Å². The quantitative estimate of drug-likeness (QED) is 0.659. The highest BCUT2D eigenvalue weighted by molar-refractivity contribution is 5.79. The van der Waals surface area contributed by atoms with Crippen LogP contribution < -0.4 is 0 Å². The van der Waals surface area contributed by atoms with Crippen LogP contribution in [0.5, 0.6) is 0 Å². The Morgan fingerprint density at radius 2 is 1.88 bits per heavy atom. The second-order valence-corrected chi connectivity index (χ2v) is 7.28. The van der Waals surface area contributed by atoms with Gasteiger partial charge in [0.15, 0.2) is 11.3 Å². The Morgan fingerprint density at radius 3 is 2.62 bits per heavy atom. The van der Waals surface area contributed by atoms with E-state index in [0.717, 1.165) is 60.2 Å². The van der Waals surface area contributed by atoms with Gasteiger partial charge in [-0.3, -0.25) is 4.90 Å². The van der Waals surface area contributed by atoms with Gasteiger partial charge in [0.05, 0.1) is 6.57 Å². The molecule has 3 aromatic rings. The number of aromatic nitrogens is 3. The average molecular weight is 343 g/mol. The maximum Gasteiger partial charge on any atom is 0.187 e. The Hall–Kier alpha value is -2.71. The summed E-state index contributed by atoms with van der Waals surface area (Å²) in [5, 5.41) is 0. The lowest BCUT2D eigenvalue weighted by atomic mass is 9.91. The zero-order valence-electron chi connectivity index (χ0n) is 14.7. The molecule has 3 heterocycles. The first-order valence-corrected chi connectivity index (χ1v) is 9.39. The molecule has 5 rings (SSSR count). The van der Waals surface area contributed by atoms with Crippen molar-refractivity contribution in [3.05, 3.63) is 53.8 Å². The topological polar surface area (TPSA) is 38.3 Å². The normalized spacial score (nSPS) is 18.1. The van der Waals surface area contributed by atoms with Crippen molar-refractivity contribution in [3.8, 4) is 11.1 Å². The molecule has 0 saturated heterocycles. The van der Waals surface area contributed by atoms with Gasteiger partial charge in [0.1, 0.15) is 11.3 Å². The van der Waals surface area contributed by atoms with Gasteiger partial charge < -0.3 is 4.57 Å². The molecule has 0 spiro atoms. The Morgan fingerprint density at radius 1 is 1.04 bits per heavy atom. The van der Waals surface area contributed by atoms with Crippen LogP contribution in [-0.2, 0) is 13.0 Å². The molecule has 1 fully saturated rings. The van der Waals surface area contributed by atoms with Crippen LogP contribution in [0, 0.1) is 6.57 Å². The summed E-state index contributed by atoms with van der Waals surface area (Å²) >= 11 is 0. The molecule has 0 N–H and O–H groups in total. The standard InChI is InChI=1S/C21H21N5/c1-22-17-7-5-15(6-8-17)16-13-19-21(23-14-16)26-12-11-25(18-3-2-4-18)10-9-20(26)24-19/h5-8,13-14,18H,2-4,9-12H2. The van der Waals surface area contributed by atoms with Crippen LogP contribution in [0.3, 0.4) is 0 Å². The predicted octanol–water partition coefficient (Wildman–Crippen LogP) is 4.06. The number of fused-ring (bicyclic) bond motifs is 3. The zero-order chi connectivity index (χ0) is 17.5. The van der Waals surface area contributed by atoms with Crippen molar-refractivity contribution in [1.82, 2.24) is 19.4 Å². The van der Waals surface area contributed by atoms with Crippen LogP contribution >= 0.6 is 0 Å². The maximum atomic E-state index is 7.07. The van der Waals surface area contributed by atoms with E-state index in [2.05, 4.69) is 20.4 Å². The molecule has 26 heavy (non-hydrogen) atoms. The third-order valence-corrected chi connectivity index (χ3v) is 5.82. The summed E-state index contributed by atoms with van der Waals surface area (Å²) in [5.41, 5.74) is 4.76. The molecule has 2 aromatic heterocycles. The first-order chi connectivity index (χ1) is 12.8. The van der Waals surface area contributed by atoms with Crippen LogP contribution in [-0.4, -0.2) is 38.6 Å². The first-order valence-electron chi connectivity index (χ1n) is 9.39. The number of nitrogens with zero attached hydrogens (tertiary/aromatic N) is 5. The largest absolute Gasteiger partial charge is 0.311 e. The Kier molecular flexibility index (Phi) is 3.72. The van der Waals surface area contributed by atoms with Crippen LogP contribution in [0.15, 0.2) is 36.5 Å². The molecule has 130 valence electrons. The lowest BCUT2D eigenvalue weighted by Gasteiger charge is -2.36. The van der Waals surface area contributed by atoms with E-state index in [1.165, 1.54) is 19.3 Å². The van der Waals surface area contributed by atoms with Crippen molar-refractivity contribution in [3.63, 3.8) is 0 Å². The number of hydrogen-bond donors (Lipinski definition) is 0. The average Bonchev–Trinajstić information content (AvgIpc) is 2.86. The highest BCUT2D eigenvalue weighted by atomic mass is 15.2. The fraction of sp³-hybridized carbons (Fsp3) is 0.381. The molecule has 0 atom stereocenters. The van der Waals surface area contributed by atoms with Gasteiger partial charge in [0.25, 0.3) is 0 Å². The van der Waals surface area contributed by atoms with E-state index in [0.29, 0.717) is 5.69 Å². The molecular formula is C21H21N5. The van der Waals surface area contributed by atoms with Crippen LogP contribution in [0.1, 0.15) is 25.1 Å².